The van der Waals surface area contributed by atoms with Gasteiger partial charge in [0.15, 0.2) is 0 Å². The Morgan fingerprint density at radius 1 is 1.38 bits per heavy atom. The summed E-state index contributed by atoms with van der Waals surface area (Å²) in [5.74, 6) is 0.726. The highest BCUT2D eigenvalue weighted by Crippen LogP contribution is 2.38. The second kappa shape index (κ2) is 3.97. The first-order valence-corrected chi connectivity index (χ1v) is 5.02. The predicted octanol–water partition coefficient (Wildman–Crippen LogP) is 1.92. The van der Waals surface area contributed by atoms with Crippen LogP contribution in [0.3, 0.4) is 0 Å². The molecule has 1 unspecified atom stereocenters. The molecular weight excluding hydrogens is 186 g/mol. The summed E-state index contributed by atoms with van der Waals surface area (Å²) >= 11 is 0. The smallest absolute Gasteiger partial charge is 0.138 e. The van der Waals surface area contributed by atoms with Crippen LogP contribution in [0.1, 0.15) is 39.0 Å². The zero-order chi connectivity index (χ0) is 8.60. The van der Waals surface area contributed by atoms with E-state index in [0.717, 1.165) is 13.0 Å². The maximum Gasteiger partial charge on any atom is 0.138 e. The summed E-state index contributed by atoms with van der Waals surface area (Å²) in [5, 5.41) is 3.55. The standard InChI is InChI=1S/C10H17NO.ClH/c1-8-9(12)4-7-11-10(8)5-2-3-6-10;/h8,11H,2-7H2,1H3;1H. The van der Waals surface area contributed by atoms with Crippen molar-refractivity contribution < 1.29 is 4.79 Å². The molecule has 3 heteroatoms. The third-order valence-corrected chi connectivity index (χ3v) is 3.66. The first-order valence-electron chi connectivity index (χ1n) is 5.02. The van der Waals surface area contributed by atoms with Gasteiger partial charge in [0.1, 0.15) is 5.78 Å². The van der Waals surface area contributed by atoms with Gasteiger partial charge >= 0.3 is 0 Å². The molecule has 0 bridgehead atoms. The van der Waals surface area contributed by atoms with Crippen LogP contribution in [0.2, 0.25) is 0 Å². The van der Waals surface area contributed by atoms with Gasteiger partial charge in [0.05, 0.1) is 0 Å². The van der Waals surface area contributed by atoms with Gasteiger partial charge in [-0.1, -0.05) is 19.8 Å². The van der Waals surface area contributed by atoms with Crippen molar-refractivity contribution in [3.05, 3.63) is 0 Å². The molecule has 13 heavy (non-hydrogen) atoms. The molecule has 0 aromatic rings. The lowest BCUT2D eigenvalue weighted by Gasteiger charge is -2.39. The largest absolute Gasteiger partial charge is 0.310 e. The minimum atomic E-state index is 0. The molecular formula is C10H18ClNO. The molecule has 1 aliphatic carbocycles. The van der Waals surface area contributed by atoms with Gasteiger partial charge in [-0.2, -0.15) is 0 Å². The monoisotopic (exact) mass is 203 g/mol. The number of hydrogen-bond acceptors (Lipinski definition) is 2. The molecule has 0 radical (unpaired) electrons. The summed E-state index contributed by atoms with van der Waals surface area (Å²) in [6.45, 7) is 3.00. The van der Waals surface area contributed by atoms with E-state index in [4.69, 9.17) is 0 Å². The molecule has 1 N–H and O–H groups in total. The van der Waals surface area contributed by atoms with Crippen LogP contribution in [-0.4, -0.2) is 17.9 Å². The fourth-order valence-electron chi connectivity index (χ4n) is 2.73. The Morgan fingerprint density at radius 3 is 2.62 bits per heavy atom. The van der Waals surface area contributed by atoms with E-state index in [0.29, 0.717) is 5.78 Å². The van der Waals surface area contributed by atoms with Crippen LogP contribution in [-0.2, 0) is 4.79 Å². The summed E-state index contributed by atoms with van der Waals surface area (Å²) < 4.78 is 0. The molecule has 2 aliphatic rings. The maximum atomic E-state index is 11.5. The van der Waals surface area contributed by atoms with E-state index in [2.05, 4.69) is 12.2 Å². The number of carbonyl (C=O) groups is 1. The molecule has 1 aliphatic heterocycles. The van der Waals surface area contributed by atoms with Crippen molar-refractivity contribution in [1.82, 2.24) is 5.32 Å². The second-order valence-corrected chi connectivity index (χ2v) is 4.23. The molecule has 1 saturated carbocycles. The van der Waals surface area contributed by atoms with Crippen LogP contribution in [0.15, 0.2) is 0 Å². The summed E-state index contributed by atoms with van der Waals surface area (Å²) in [5.41, 5.74) is 0.204. The highest BCUT2D eigenvalue weighted by molar-refractivity contribution is 5.85. The average Bonchev–Trinajstić information content (AvgIpc) is 2.50. The zero-order valence-corrected chi connectivity index (χ0v) is 8.95. The number of rotatable bonds is 0. The molecule has 1 heterocycles. The summed E-state index contributed by atoms with van der Waals surface area (Å²) in [6, 6.07) is 0. The van der Waals surface area contributed by atoms with Crippen LogP contribution in [0.4, 0.5) is 0 Å². The number of piperidine rings is 1. The minimum Gasteiger partial charge on any atom is -0.310 e. The van der Waals surface area contributed by atoms with Crippen LogP contribution in [0, 0.1) is 5.92 Å². The van der Waals surface area contributed by atoms with Gasteiger partial charge < -0.3 is 5.32 Å². The Labute approximate surface area is 85.9 Å². The molecule has 1 saturated heterocycles. The topological polar surface area (TPSA) is 29.1 Å². The third kappa shape index (κ3) is 1.75. The lowest BCUT2D eigenvalue weighted by atomic mass is 9.77. The number of ketones is 1. The Kier molecular flexibility index (Phi) is 3.36. The van der Waals surface area contributed by atoms with Gasteiger partial charge in [-0.25, -0.2) is 0 Å². The van der Waals surface area contributed by atoms with Crippen molar-refractivity contribution in [1.29, 1.82) is 0 Å². The SMILES string of the molecule is CC1C(=O)CCNC12CCCC2.Cl. The second-order valence-electron chi connectivity index (χ2n) is 4.23. The minimum absolute atomic E-state index is 0. The van der Waals surface area contributed by atoms with E-state index >= 15 is 0 Å². The van der Waals surface area contributed by atoms with Crippen LogP contribution in [0.5, 0.6) is 0 Å². The third-order valence-electron chi connectivity index (χ3n) is 3.66. The van der Waals surface area contributed by atoms with Crippen molar-refractivity contribution in [2.24, 2.45) is 5.92 Å². The number of halogens is 1. The molecule has 0 aromatic carbocycles. The summed E-state index contributed by atoms with van der Waals surface area (Å²) in [4.78, 5) is 11.5. The Hall–Kier alpha value is -0.0800. The number of Topliss-reactive ketones (excluding diaryl/α,β-unsaturated/α-hetero) is 1. The number of carbonyl (C=O) groups excluding carboxylic acids is 1. The van der Waals surface area contributed by atoms with Gasteiger partial charge in [0, 0.05) is 24.4 Å². The lowest BCUT2D eigenvalue weighted by molar-refractivity contribution is -0.127. The maximum absolute atomic E-state index is 11.5. The van der Waals surface area contributed by atoms with Crippen LogP contribution in [0.25, 0.3) is 0 Å². The Balaban J connectivity index is 0.000000845. The Morgan fingerprint density at radius 2 is 2.00 bits per heavy atom. The van der Waals surface area contributed by atoms with Gasteiger partial charge in [-0.15, -0.1) is 12.4 Å². The quantitative estimate of drug-likeness (QED) is 0.652. The van der Waals surface area contributed by atoms with E-state index in [1.807, 2.05) is 0 Å². The average molecular weight is 204 g/mol. The highest BCUT2D eigenvalue weighted by atomic mass is 35.5. The fourth-order valence-corrected chi connectivity index (χ4v) is 2.73. The number of nitrogens with one attached hydrogen (secondary N) is 1. The first-order chi connectivity index (χ1) is 5.75. The molecule has 2 fully saturated rings. The summed E-state index contributed by atoms with van der Waals surface area (Å²) in [7, 11) is 0. The highest BCUT2D eigenvalue weighted by Gasteiger charge is 2.43. The molecule has 1 atom stereocenters. The van der Waals surface area contributed by atoms with Crippen molar-refractivity contribution >= 4 is 18.2 Å². The fraction of sp³-hybridized carbons (Fsp3) is 0.900. The zero-order valence-electron chi connectivity index (χ0n) is 8.14. The van der Waals surface area contributed by atoms with Crippen molar-refractivity contribution in [3.63, 3.8) is 0 Å². The van der Waals surface area contributed by atoms with Crippen molar-refractivity contribution in [3.8, 4) is 0 Å². The summed E-state index contributed by atoms with van der Waals surface area (Å²) in [6.07, 6.45) is 5.75. The van der Waals surface area contributed by atoms with E-state index in [9.17, 15) is 4.79 Å². The molecule has 2 rings (SSSR count). The van der Waals surface area contributed by atoms with Crippen molar-refractivity contribution in [2.45, 2.75) is 44.6 Å². The molecule has 2 nitrogen and oxygen atoms in total. The van der Waals surface area contributed by atoms with Gasteiger partial charge in [-0.3, -0.25) is 4.79 Å². The van der Waals surface area contributed by atoms with E-state index in [1.165, 1.54) is 25.7 Å². The van der Waals surface area contributed by atoms with Gasteiger partial charge in [0.2, 0.25) is 0 Å². The normalized spacial score (nSPS) is 31.8. The first kappa shape index (κ1) is 11.0. The number of hydrogen-bond donors (Lipinski definition) is 1. The molecule has 0 aromatic heterocycles. The lowest BCUT2D eigenvalue weighted by Crippen LogP contribution is -2.55. The molecule has 0 amide bonds. The van der Waals surface area contributed by atoms with E-state index in [-0.39, 0.29) is 23.9 Å². The van der Waals surface area contributed by atoms with Crippen molar-refractivity contribution in [2.75, 3.05) is 6.54 Å². The molecule has 76 valence electrons. The van der Waals surface area contributed by atoms with E-state index in [1.54, 1.807) is 0 Å². The van der Waals surface area contributed by atoms with Crippen LogP contribution < -0.4 is 5.32 Å². The van der Waals surface area contributed by atoms with Crippen LogP contribution >= 0.6 is 12.4 Å². The molecule has 1 spiro atoms. The van der Waals surface area contributed by atoms with E-state index < -0.39 is 0 Å². The van der Waals surface area contributed by atoms with Gasteiger partial charge in [0.25, 0.3) is 0 Å². The van der Waals surface area contributed by atoms with Gasteiger partial charge in [-0.05, 0) is 12.8 Å². The Bertz CT molecular complexity index is 199. The predicted molar refractivity (Wildman–Crippen MR) is 55.2 cm³/mol.